The molecule has 6 nitrogen and oxygen atoms in total. The molecule has 1 amide bonds. The summed E-state index contributed by atoms with van der Waals surface area (Å²) in [6.07, 6.45) is 0.889. The van der Waals surface area contributed by atoms with E-state index in [2.05, 4.69) is 15.7 Å². The number of hydrogen-bond acceptors (Lipinski definition) is 5. The Balaban J connectivity index is 2.02. The first-order chi connectivity index (χ1) is 11.6. The second-order valence-corrected chi connectivity index (χ2v) is 6.60. The number of nitrogens with one attached hydrogen (secondary N) is 2. The van der Waals surface area contributed by atoms with Crippen LogP contribution in [-0.4, -0.2) is 40.8 Å². The number of amides is 1. The van der Waals surface area contributed by atoms with E-state index in [1.54, 1.807) is 16.0 Å². The third-order valence-electron chi connectivity index (χ3n) is 3.88. The second kappa shape index (κ2) is 7.11. The van der Waals surface area contributed by atoms with Crippen LogP contribution in [0.2, 0.25) is 0 Å². The molecule has 3 aromatic rings. The van der Waals surface area contributed by atoms with Crippen LogP contribution >= 0.6 is 11.3 Å². The van der Waals surface area contributed by atoms with E-state index in [-0.39, 0.29) is 5.91 Å². The van der Waals surface area contributed by atoms with Crippen molar-refractivity contribution >= 4 is 28.3 Å². The smallest absolute Gasteiger partial charge is 0.252 e. The lowest BCUT2D eigenvalue weighted by atomic mass is 10.1. The minimum absolute atomic E-state index is 0.0765. The second-order valence-electron chi connectivity index (χ2n) is 5.65. The molecule has 0 aliphatic rings. The van der Waals surface area contributed by atoms with Gasteiger partial charge in [-0.05, 0) is 44.4 Å². The summed E-state index contributed by atoms with van der Waals surface area (Å²) >= 11 is 1.61. The summed E-state index contributed by atoms with van der Waals surface area (Å²) in [5.41, 5.74) is 3.00. The molecule has 3 rings (SSSR count). The molecule has 0 saturated heterocycles. The van der Waals surface area contributed by atoms with Gasteiger partial charge < -0.3 is 10.6 Å². The van der Waals surface area contributed by atoms with Gasteiger partial charge in [-0.25, -0.2) is 4.98 Å². The predicted octanol–water partition coefficient (Wildman–Crippen LogP) is 2.34. The number of carbonyl (C=O) groups is 1. The van der Waals surface area contributed by atoms with Crippen LogP contribution in [0.15, 0.2) is 23.6 Å². The summed E-state index contributed by atoms with van der Waals surface area (Å²) < 4.78 is 1.74. The molecule has 0 unspecified atom stereocenters. The number of carbonyl (C=O) groups excluding carboxylic acids is 1. The van der Waals surface area contributed by atoms with E-state index in [0.717, 1.165) is 40.3 Å². The van der Waals surface area contributed by atoms with E-state index >= 15 is 0 Å². The lowest BCUT2D eigenvalue weighted by molar-refractivity contribution is 0.0955. The van der Waals surface area contributed by atoms with Crippen molar-refractivity contribution in [3.8, 4) is 10.6 Å². The molecule has 126 valence electrons. The van der Waals surface area contributed by atoms with Gasteiger partial charge in [-0.3, -0.25) is 9.48 Å². The van der Waals surface area contributed by atoms with Gasteiger partial charge in [0.05, 0.1) is 27.2 Å². The van der Waals surface area contributed by atoms with Crippen molar-refractivity contribution in [1.82, 2.24) is 25.4 Å². The van der Waals surface area contributed by atoms with Crippen LogP contribution < -0.4 is 10.6 Å². The predicted molar refractivity (Wildman–Crippen MR) is 97.4 cm³/mol. The van der Waals surface area contributed by atoms with Crippen LogP contribution in [0.3, 0.4) is 0 Å². The van der Waals surface area contributed by atoms with Gasteiger partial charge in [-0.1, -0.05) is 6.07 Å². The number of pyridine rings is 1. The van der Waals surface area contributed by atoms with Gasteiger partial charge in [0, 0.05) is 13.6 Å². The number of nitrogens with zero attached hydrogens (tertiary/aromatic N) is 3. The Bertz CT molecular complexity index is 854. The standard InChI is InChI=1S/C17H21N5OS/c1-11-15-12(17(23)19-8-5-7-18-2)10-13(14-6-4-9-24-14)20-16(15)22(3)21-11/h4,6,9-10,18H,5,7-8H2,1-3H3,(H,19,23). The highest BCUT2D eigenvalue weighted by Crippen LogP contribution is 2.29. The zero-order valence-corrected chi connectivity index (χ0v) is 14.9. The van der Waals surface area contributed by atoms with Gasteiger partial charge in [0.1, 0.15) is 0 Å². The number of aryl methyl sites for hydroxylation is 2. The van der Waals surface area contributed by atoms with E-state index in [4.69, 9.17) is 4.98 Å². The molecule has 0 aromatic carbocycles. The summed E-state index contributed by atoms with van der Waals surface area (Å²) in [6.45, 7) is 3.42. The van der Waals surface area contributed by atoms with Crippen molar-refractivity contribution < 1.29 is 4.79 Å². The van der Waals surface area contributed by atoms with Gasteiger partial charge in [-0.2, -0.15) is 5.10 Å². The normalized spacial score (nSPS) is 11.1. The van der Waals surface area contributed by atoms with Gasteiger partial charge in [0.2, 0.25) is 0 Å². The monoisotopic (exact) mass is 343 g/mol. The first kappa shape index (κ1) is 16.6. The molecule has 0 fully saturated rings. The minimum atomic E-state index is -0.0765. The Hall–Kier alpha value is -2.25. The van der Waals surface area contributed by atoms with E-state index in [0.29, 0.717) is 12.1 Å². The summed E-state index contributed by atoms with van der Waals surface area (Å²) in [4.78, 5) is 18.5. The zero-order valence-electron chi connectivity index (χ0n) is 14.1. The van der Waals surface area contributed by atoms with Crippen LogP contribution in [-0.2, 0) is 7.05 Å². The van der Waals surface area contributed by atoms with Crippen molar-refractivity contribution in [3.63, 3.8) is 0 Å². The van der Waals surface area contributed by atoms with Crippen molar-refractivity contribution in [2.75, 3.05) is 20.1 Å². The molecule has 7 heteroatoms. The van der Waals surface area contributed by atoms with Gasteiger partial charge >= 0.3 is 0 Å². The molecule has 0 radical (unpaired) electrons. The number of hydrogen-bond donors (Lipinski definition) is 2. The fourth-order valence-electron chi connectivity index (χ4n) is 2.74. The third kappa shape index (κ3) is 3.18. The molecular formula is C17H21N5OS. The Morgan fingerprint density at radius 2 is 2.21 bits per heavy atom. The molecule has 0 atom stereocenters. The molecule has 0 saturated carbocycles. The van der Waals surface area contributed by atoms with Gasteiger partial charge in [0.15, 0.2) is 5.65 Å². The zero-order chi connectivity index (χ0) is 17.1. The number of thiophene rings is 1. The van der Waals surface area contributed by atoms with E-state index in [1.165, 1.54) is 0 Å². The maximum atomic E-state index is 12.7. The Kier molecular flexibility index (Phi) is 4.92. The molecule has 24 heavy (non-hydrogen) atoms. The lowest BCUT2D eigenvalue weighted by Crippen LogP contribution is -2.27. The van der Waals surface area contributed by atoms with Crippen LogP contribution in [0.5, 0.6) is 0 Å². The Morgan fingerprint density at radius 3 is 2.92 bits per heavy atom. The third-order valence-corrected chi connectivity index (χ3v) is 4.77. The minimum Gasteiger partial charge on any atom is -0.352 e. The molecule has 3 aromatic heterocycles. The SMILES string of the molecule is CNCCCNC(=O)c1cc(-c2cccs2)nc2c1c(C)nn2C. The van der Waals surface area contributed by atoms with E-state index < -0.39 is 0 Å². The van der Waals surface area contributed by atoms with Crippen molar-refractivity contribution in [2.24, 2.45) is 7.05 Å². The van der Waals surface area contributed by atoms with Crippen LogP contribution in [0.25, 0.3) is 21.6 Å². The van der Waals surface area contributed by atoms with E-state index in [9.17, 15) is 4.79 Å². The molecule has 0 aliphatic carbocycles. The maximum Gasteiger partial charge on any atom is 0.252 e. The fraction of sp³-hybridized carbons (Fsp3) is 0.353. The molecule has 3 heterocycles. The average Bonchev–Trinajstić information content (AvgIpc) is 3.20. The molecule has 0 aliphatic heterocycles. The topological polar surface area (TPSA) is 71.8 Å². The fourth-order valence-corrected chi connectivity index (χ4v) is 3.42. The highest BCUT2D eigenvalue weighted by atomic mass is 32.1. The summed E-state index contributed by atoms with van der Waals surface area (Å²) in [5, 5.41) is 13.3. The van der Waals surface area contributed by atoms with Crippen LogP contribution in [0.4, 0.5) is 0 Å². The van der Waals surface area contributed by atoms with Crippen LogP contribution in [0, 0.1) is 6.92 Å². The molecule has 2 N–H and O–H groups in total. The lowest BCUT2D eigenvalue weighted by Gasteiger charge is -2.08. The highest BCUT2D eigenvalue weighted by molar-refractivity contribution is 7.13. The van der Waals surface area contributed by atoms with Gasteiger partial charge in [-0.15, -0.1) is 11.3 Å². The Labute approximate surface area is 144 Å². The summed E-state index contributed by atoms with van der Waals surface area (Å²) in [7, 11) is 3.76. The van der Waals surface area contributed by atoms with Gasteiger partial charge in [0.25, 0.3) is 5.91 Å². The molecule has 0 bridgehead atoms. The molecule has 0 spiro atoms. The number of rotatable bonds is 6. The first-order valence-electron chi connectivity index (χ1n) is 7.93. The summed E-state index contributed by atoms with van der Waals surface area (Å²) in [6, 6.07) is 5.87. The maximum absolute atomic E-state index is 12.7. The van der Waals surface area contributed by atoms with Crippen molar-refractivity contribution in [1.29, 1.82) is 0 Å². The number of fused-ring (bicyclic) bond motifs is 1. The van der Waals surface area contributed by atoms with Crippen LogP contribution in [0.1, 0.15) is 22.5 Å². The number of aromatic nitrogens is 3. The average molecular weight is 343 g/mol. The largest absolute Gasteiger partial charge is 0.352 e. The van der Waals surface area contributed by atoms with Crippen molar-refractivity contribution in [2.45, 2.75) is 13.3 Å². The highest BCUT2D eigenvalue weighted by Gasteiger charge is 2.19. The van der Waals surface area contributed by atoms with E-state index in [1.807, 2.05) is 44.6 Å². The first-order valence-corrected chi connectivity index (χ1v) is 8.81. The Morgan fingerprint density at radius 1 is 1.38 bits per heavy atom. The van der Waals surface area contributed by atoms with Crippen molar-refractivity contribution in [3.05, 3.63) is 34.8 Å². The quantitative estimate of drug-likeness (QED) is 0.674. The molecular weight excluding hydrogens is 322 g/mol. The summed E-state index contributed by atoms with van der Waals surface area (Å²) in [5.74, 6) is -0.0765.